The predicted molar refractivity (Wildman–Crippen MR) is 213 cm³/mol. The number of fused-ring (bicyclic) bond motifs is 4. The van der Waals surface area contributed by atoms with E-state index in [2.05, 4.69) is 97.9 Å². The van der Waals surface area contributed by atoms with E-state index in [1.54, 1.807) is 32.0 Å². The van der Waals surface area contributed by atoms with Crippen molar-refractivity contribution in [2.45, 2.75) is 66.6 Å². The first-order valence-electron chi connectivity index (χ1n) is 20.2. The monoisotopic (exact) mass is 883 g/mol. The van der Waals surface area contributed by atoms with Crippen LogP contribution in [-0.4, -0.2) is 14.5 Å². The zero-order valence-electron chi connectivity index (χ0n) is 35.6. The van der Waals surface area contributed by atoms with Crippen molar-refractivity contribution in [3.8, 4) is 28.3 Å². The number of furan rings is 1. The smallest absolute Gasteiger partial charge is 0.126 e. The van der Waals surface area contributed by atoms with Gasteiger partial charge in [0.2, 0.25) is 0 Å². The zero-order valence-corrected chi connectivity index (χ0v) is 33.0. The van der Waals surface area contributed by atoms with Gasteiger partial charge in [0, 0.05) is 50.3 Å². The molecule has 0 unspecified atom stereocenters. The third kappa shape index (κ3) is 7.62. The molecule has 271 valence electrons. The summed E-state index contributed by atoms with van der Waals surface area (Å²) >= 11 is 0. The number of hydrogen-bond donors (Lipinski definition) is 0. The number of halogens is 1. The fraction of sp³-hybridized carbons (Fsp3) is 0.234. The topological polar surface area (TPSA) is 43.9 Å². The fourth-order valence-corrected chi connectivity index (χ4v) is 6.66. The van der Waals surface area contributed by atoms with Gasteiger partial charge < -0.3 is 14.0 Å². The molecule has 0 saturated carbocycles. The second kappa shape index (κ2) is 16.0. The number of aromatic nitrogens is 3. The number of para-hydroxylation sites is 3. The Balaban J connectivity index is 0.000000193. The van der Waals surface area contributed by atoms with E-state index in [-0.39, 0.29) is 31.2 Å². The summed E-state index contributed by atoms with van der Waals surface area (Å²) in [7, 11) is 0. The minimum Gasteiger partial charge on any atom is -0.500 e. The van der Waals surface area contributed by atoms with Crippen molar-refractivity contribution >= 4 is 33.0 Å². The van der Waals surface area contributed by atoms with Gasteiger partial charge in [-0.25, -0.2) is 4.39 Å². The molecule has 6 heteroatoms. The van der Waals surface area contributed by atoms with E-state index >= 15 is 0 Å². The van der Waals surface area contributed by atoms with Gasteiger partial charge in [0.15, 0.2) is 0 Å². The maximum Gasteiger partial charge on any atom is 0.126 e. The summed E-state index contributed by atoms with van der Waals surface area (Å²) in [6.07, 6.45) is -0.681. The minimum atomic E-state index is -2.50. The van der Waals surface area contributed by atoms with Gasteiger partial charge in [-0.15, -0.1) is 54.1 Å². The van der Waals surface area contributed by atoms with Gasteiger partial charge in [-0.3, -0.25) is 4.98 Å². The normalized spacial score (nSPS) is 13.4. The third-order valence-electron chi connectivity index (χ3n) is 9.08. The van der Waals surface area contributed by atoms with Crippen molar-refractivity contribution in [2.24, 2.45) is 5.92 Å². The van der Waals surface area contributed by atoms with Crippen LogP contribution in [0.3, 0.4) is 0 Å². The Morgan fingerprint density at radius 2 is 1.58 bits per heavy atom. The molecule has 0 N–H and O–H groups in total. The molecule has 8 rings (SSSR count). The molecular formula is C47H44FIrN3O-2. The van der Waals surface area contributed by atoms with Crippen molar-refractivity contribution in [1.29, 1.82) is 0 Å². The number of hydrogen-bond acceptors (Lipinski definition) is 3. The molecule has 0 bridgehead atoms. The summed E-state index contributed by atoms with van der Waals surface area (Å²) in [5.41, 5.74) is 8.69. The molecule has 0 spiro atoms. The van der Waals surface area contributed by atoms with E-state index in [0.29, 0.717) is 34.3 Å². The van der Waals surface area contributed by atoms with Crippen LogP contribution in [-0.2, 0) is 26.5 Å². The van der Waals surface area contributed by atoms with Crippen LogP contribution >= 0.6 is 0 Å². The third-order valence-corrected chi connectivity index (χ3v) is 9.08. The maximum atomic E-state index is 13.6. The predicted octanol–water partition coefficient (Wildman–Crippen LogP) is 12.8. The Morgan fingerprint density at radius 3 is 2.28 bits per heavy atom. The number of aryl methyl sites for hydroxylation is 1. The number of pyridine rings is 1. The number of imidazole rings is 1. The molecule has 3 heterocycles. The summed E-state index contributed by atoms with van der Waals surface area (Å²) in [6, 6.07) is 38.8. The summed E-state index contributed by atoms with van der Waals surface area (Å²) < 4.78 is 62.2. The van der Waals surface area contributed by atoms with Crippen LogP contribution < -0.4 is 0 Å². The standard InChI is InChI=1S/C25H25N2.C22H19FNO.Ir/c1-17(2)20-13-10-14-21(18(3)4)24(20)27-23-16-9-8-15-22(23)26-25(27)19-11-6-5-7-12-19;1-13(2)9-15-10-20(24-12-14(15)3)19-6-4-5-18-17-8-7-16(23)11-21(17)25-22(18)19;/h5-11,13-18H,1-4H3;4-5,7-8,10-13H,9H2,1-3H3;/q2*-1;/i;3D3,9D2;. The van der Waals surface area contributed by atoms with E-state index in [9.17, 15) is 4.39 Å². The van der Waals surface area contributed by atoms with Crippen LogP contribution in [0, 0.1) is 30.7 Å². The van der Waals surface area contributed by atoms with E-state index < -0.39 is 25.0 Å². The Bertz CT molecular complexity index is 2690. The van der Waals surface area contributed by atoms with Gasteiger partial charge in [0.05, 0.1) is 22.4 Å². The molecule has 0 amide bonds. The van der Waals surface area contributed by atoms with Crippen molar-refractivity contribution < 1.29 is 35.8 Å². The minimum absolute atomic E-state index is 0. The molecule has 5 aromatic carbocycles. The van der Waals surface area contributed by atoms with Gasteiger partial charge in [-0.1, -0.05) is 94.5 Å². The molecule has 1 radical (unpaired) electrons. The molecule has 0 fully saturated rings. The van der Waals surface area contributed by atoms with Gasteiger partial charge >= 0.3 is 0 Å². The molecule has 0 saturated heterocycles. The second-order valence-corrected chi connectivity index (χ2v) is 13.9. The summed E-state index contributed by atoms with van der Waals surface area (Å²) in [5.74, 6) is 0.925. The van der Waals surface area contributed by atoms with Crippen molar-refractivity contribution in [3.63, 3.8) is 0 Å². The Hall–Kier alpha value is -4.90. The molecule has 0 aliphatic carbocycles. The summed E-state index contributed by atoms with van der Waals surface area (Å²) in [6.45, 7) is 9.93. The van der Waals surface area contributed by atoms with Gasteiger partial charge in [0.1, 0.15) is 11.4 Å². The Labute approximate surface area is 332 Å². The van der Waals surface area contributed by atoms with E-state index in [4.69, 9.17) is 16.3 Å². The van der Waals surface area contributed by atoms with Crippen molar-refractivity contribution in [3.05, 3.63) is 150 Å². The second-order valence-electron chi connectivity index (χ2n) is 13.9. The van der Waals surface area contributed by atoms with Crippen LogP contribution in [0.5, 0.6) is 0 Å². The molecule has 3 aromatic heterocycles. The average molecular weight is 883 g/mol. The largest absolute Gasteiger partial charge is 0.500 e. The molecular weight excluding hydrogens is 834 g/mol. The molecule has 0 atom stereocenters. The van der Waals surface area contributed by atoms with Gasteiger partial charge in [-0.2, -0.15) is 0 Å². The number of nitrogens with zero attached hydrogens (tertiary/aromatic N) is 3. The molecule has 53 heavy (non-hydrogen) atoms. The summed E-state index contributed by atoms with van der Waals surface area (Å²) in [4.78, 5) is 9.29. The van der Waals surface area contributed by atoms with Crippen molar-refractivity contribution in [1.82, 2.24) is 14.5 Å². The SMILES string of the molecule is CC(C)c1cccc(C(C)C)c1-n1c(-c2[c-]cccc2)nc2ccccc21.[2H]C([2H])([2H])c1cnc(-c2[c-]ccc3c2oc2cc(F)ccc23)cc1C([2H])([2H])C(C)C.[Ir]. The molecule has 0 aliphatic heterocycles. The number of rotatable bonds is 7. The molecule has 4 nitrogen and oxygen atoms in total. The van der Waals surface area contributed by atoms with Crippen LogP contribution in [0.4, 0.5) is 4.39 Å². The van der Waals surface area contributed by atoms with E-state index in [1.807, 2.05) is 18.2 Å². The summed E-state index contributed by atoms with van der Waals surface area (Å²) in [5, 5.41) is 1.48. The van der Waals surface area contributed by atoms with Crippen molar-refractivity contribution in [2.75, 3.05) is 0 Å². The Morgan fingerprint density at radius 1 is 0.830 bits per heavy atom. The maximum absolute atomic E-state index is 13.6. The Kier molecular flexibility index (Phi) is 9.54. The first kappa shape index (κ1) is 31.6. The first-order valence-corrected chi connectivity index (χ1v) is 17.7. The van der Waals surface area contributed by atoms with Gasteiger partial charge in [0.25, 0.3) is 0 Å². The van der Waals surface area contributed by atoms with E-state index in [1.165, 1.54) is 41.2 Å². The average Bonchev–Trinajstić information content (AvgIpc) is 3.75. The van der Waals surface area contributed by atoms with E-state index in [0.717, 1.165) is 33.2 Å². The quantitative estimate of drug-likeness (QED) is 0.150. The molecule has 0 aliphatic rings. The van der Waals surface area contributed by atoms with Crippen LogP contribution in [0.2, 0.25) is 0 Å². The first-order chi connectivity index (χ1) is 27.1. The van der Waals surface area contributed by atoms with Crippen LogP contribution in [0.15, 0.2) is 114 Å². The zero-order chi connectivity index (χ0) is 40.8. The van der Waals surface area contributed by atoms with Gasteiger partial charge in [-0.05, 0) is 77.6 Å². The molecule has 8 aromatic rings. The fourth-order valence-electron chi connectivity index (χ4n) is 6.66. The van der Waals surface area contributed by atoms with Crippen LogP contribution in [0.25, 0.3) is 61.3 Å². The van der Waals surface area contributed by atoms with Crippen LogP contribution in [0.1, 0.15) is 82.5 Å². The number of benzene rings is 5.